The average molecular weight is 287 g/mol. The van der Waals surface area contributed by atoms with Crippen LogP contribution < -0.4 is 5.32 Å². The number of benzene rings is 1. The molecule has 110 valence electrons. The highest BCUT2D eigenvalue weighted by atomic mass is 16.5. The van der Waals surface area contributed by atoms with Crippen LogP contribution in [0.2, 0.25) is 0 Å². The van der Waals surface area contributed by atoms with Gasteiger partial charge in [0.1, 0.15) is 6.26 Å². The normalized spacial score (nSPS) is 10.2. The smallest absolute Gasteiger partial charge is 0.341 e. The lowest BCUT2D eigenvalue weighted by atomic mass is 10.1. The van der Waals surface area contributed by atoms with Crippen molar-refractivity contribution in [1.29, 1.82) is 0 Å². The van der Waals surface area contributed by atoms with Crippen LogP contribution >= 0.6 is 0 Å². The summed E-state index contributed by atoms with van der Waals surface area (Å²) in [5.41, 5.74) is 3.09. The Morgan fingerprint density at radius 1 is 1.29 bits per heavy atom. The van der Waals surface area contributed by atoms with Crippen molar-refractivity contribution in [1.82, 2.24) is 0 Å². The second-order valence-corrected chi connectivity index (χ2v) is 4.60. The van der Waals surface area contributed by atoms with Gasteiger partial charge in [-0.05, 0) is 30.5 Å². The van der Waals surface area contributed by atoms with E-state index < -0.39 is 5.97 Å². The molecule has 1 aromatic heterocycles. The number of rotatable bonds is 5. The minimum Gasteiger partial charge on any atom is -0.472 e. The minimum absolute atomic E-state index is 0.285. The Morgan fingerprint density at radius 2 is 2.10 bits per heavy atom. The molecule has 0 aliphatic rings. The molecule has 1 aromatic carbocycles. The SMILES string of the molecule is CCc1cccc(C)c1NC(=O)COC(=O)c1ccoc1. The van der Waals surface area contributed by atoms with Crippen LogP contribution in [0.25, 0.3) is 0 Å². The predicted molar refractivity (Wildman–Crippen MR) is 78.2 cm³/mol. The number of ether oxygens (including phenoxy) is 1. The summed E-state index contributed by atoms with van der Waals surface area (Å²) >= 11 is 0. The summed E-state index contributed by atoms with van der Waals surface area (Å²) in [6.45, 7) is 3.61. The third kappa shape index (κ3) is 3.72. The molecule has 0 bridgehead atoms. The fraction of sp³-hybridized carbons (Fsp3) is 0.250. The number of carbonyl (C=O) groups is 2. The van der Waals surface area contributed by atoms with E-state index in [1.54, 1.807) is 0 Å². The number of hydrogen-bond donors (Lipinski definition) is 1. The Kier molecular flexibility index (Phi) is 4.77. The van der Waals surface area contributed by atoms with Crippen LogP contribution in [0.1, 0.15) is 28.4 Å². The zero-order valence-electron chi connectivity index (χ0n) is 12.0. The molecule has 0 spiro atoms. The highest BCUT2D eigenvalue weighted by molar-refractivity contribution is 5.96. The lowest BCUT2D eigenvalue weighted by Gasteiger charge is -2.12. The zero-order valence-corrected chi connectivity index (χ0v) is 12.0. The maximum atomic E-state index is 11.9. The molecule has 5 nitrogen and oxygen atoms in total. The molecule has 5 heteroatoms. The van der Waals surface area contributed by atoms with Crippen molar-refractivity contribution in [3.63, 3.8) is 0 Å². The Labute approximate surface area is 122 Å². The molecule has 0 unspecified atom stereocenters. The first-order chi connectivity index (χ1) is 10.1. The maximum absolute atomic E-state index is 11.9. The summed E-state index contributed by atoms with van der Waals surface area (Å²) in [5, 5.41) is 2.79. The third-order valence-electron chi connectivity index (χ3n) is 3.10. The van der Waals surface area contributed by atoms with E-state index in [0.29, 0.717) is 0 Å². The molecule has 21 heavy (non-hydrogen) atoms. The number of para-hydroxylation sites is 1. The predicted octanol–water partition coefficient (Wildman–Crippen LogP) is 2.95. The maximum Gasteiger partial charge on any atom is 0.341 e. The van der Waals surface area contributed by atoms with Crippen LogP contribution in [-0.4, -0.2) is 18.5 Å². The van der Waals surface area contributed by atoms with Gasteiger partial charge < -0.3 is 14.5 Å². The summed E-state index contributed by atoms with van der Waals surface area (Å²) in [5.74, 6) is -0.949. The van der Waals surface area contributed by atoms with Crippen molar-refractivity contribution in [3.05, 3.63) is 53.5 Å². The standard InChI is InChI=1S/C16H17NO4/c1-3-12-6-4-5-11(2)15(12)17-14(18)10-21-16(19)13-7-8-20-9-13/h4-9H,3,10H2,1-2H3,(H,17,18). The topological polar surface area (TPSA) is 68.5 Å². The van der Waals surface area contributed by atoms with Crippen LogP contribution in [0, 0.1) is 6.92 Å². The lowest BCUT2D eigenvalue weighted by Crippen LogP contribution is -2.21. The van der Waals surface area contributed by atoms with Crippen LogP contribution in [0.15, 0.2) is 41.2 Å². The number of amides is 1. The largest absolute Gasteiger partial charge is 0.472 e. The van der Waals surface area contributed by atoms with Crippen LogP contribution in [0.4, 0.5) is 5.69 Å². The fourth-order valence-corrected chi connectivity index (χ4v) is 1.97. The van der Waals surface area contributed by atoms with Crippen molar-refractivity contribution in [2.24, 2.45) is 0 Å². The zero-order chi connectivity index (χ0) is 15.2. The summed E-state index contributed by atoms with van der Waals surface area (Å²) in [7, 11) is 0. The quantitative estimate of drug-likeness (QED) is 0.858. The van der Waals surface area contributed by atoms with E-state index in [4.69, 9.17) is 9.15 Å². The Morgan fingerprint density at radius 3 is 2.76 bits per heavy atom. The fourth-order valence-electron chi connectivity index (χ4n) is 1.97. The van der Waals surface area contributed by atoms with Gasteiger partial charge >= 0.3 is 5.97 Å². The monoisotopic (exact) mass is 287 g/mol. The molecule has 0 saturated heterocycles. The van der Waals surface area contributed by atoms with Crippen molar-refractivity contribution < 1.29 is 18.7 Å². The molecule has 2 aromatic rings. The number of anilines is 1. The lowest BCUT2D eigenvalue weighted by molar-refractivity contribution is -0.119. The number of aryl methyl sites for hydroxylation is 2. The first kappa shape index (κ1) is 14.8. The minimum atomic E-state index is -0.584. The second kappa shape index (κ2) is 6.74. The second-order valence-electron chi connectivity index (χ2n) is 4.60. The highest BCUT2D eigenvalue weighted by Crippen LogP contribution is 2.20. The van der Waals surface area contributed by atoms with Crippen LogP contribution in [0.5, 0.6) is 0 Å². The number of hydrogen-bond acceptors (Lipinski definition) is 4. The van der Waals surface area contributed by atoms with Crippen LogP contribution in [-0.2, 0) is 16.0 Å². The van der Waals surface area contributed by atoms with Crippen molar-refractivity contribution in [3.8, 4) is 0 Å². The van der Waals surface area contributed by atoms with Gasteiger partial charge in [-0.2, -0.15) is 0 Å². The summed E-state index contributed by atoms with van der Waals surface area (Å²) in [6, 6.07) is 7.31. The number of esters is 1. The van der Waals surface area contributed by atoms with Gasteiger partial charge in [0.15, 0.2) is 6.61 Å². The van der Waals surface area contributed by atoms with Gasteiger partial charge in [-0.15, -0.1) is 0 Å². The van der Waals surface area contributed by atoms with Gasteiger partial charge in [-0.3, -0.25) is 4.79 Å². The molecule has 0 fully saturated rings. The van der Waals surface area contributed by atoms with E-state index in [1.807, 2.05) is 32.0 Å². The number of carbonyl (C=O) groups excluding carboxylic acids is 2. The Bertz CT molecular complexity index is 632. The molecule has 1 N–H and O–H groups in total. The van der Waals surface area contributed by atoms with E-state index >= 15 is 0 Å². The number of furan rings is 1. The molecule has 1 heterocycles. The van der Waals surface area contributed by atoms with Crippen molar-refractivity contribution in [2.75, 3.05) is 11.9 Å². The van der Waals surface area contributed by atoms with E-state index in [2.05, 4.69) is 5.32 Å². The molecule has 2 rings (SSSR count). The van der Waals surface area contributed by atoms with Gasteiger partial charge in [-0.1, -0.05) is 25.1 Å². The van der Waals surface area contributed by atoms with Gasteiger partial charge in [0, 0.05) is 5.69 Å². The van der Waals surface area contributed by atoms with Crippen LogP contribution in [0.3, 0.4) is 0 Å². The summed E-state index contributed by atoms with van der Waals surface area (Å²) < 4.78 is 9.71. The Hall–Kier alpha value is -2.56. The summed E-state index contributed by atoms with van der Waals surface area (Å²) in [6.07, 6.45) is 3.46. The molecule has 0 atom stereocenters. The van der Waals surface area contributed by atoms with Crippen molar-refractivity contribution in [2.45, 2.75) is 20.3 Å². The molecule has 0 radical (unpaired) electrons. The molecular formula is C16H17NO4. The molecule has 1 amide bonds. The molecule has 0 aliphatic heterocycles. The molecule has 0 saturated carbocycles. The Balaban J connectivity index is 1.95. The number of nitrogens with one attached hydrogen (secondary N) is 1. The van der Waals surface area contributed by atoms with E-state index in [9.17, 15) is 9.59 Å². The van der Waals surface area contributed by atoms with E-state index in [0.717, 1.165) is 23.2 Å². The van der Waals surface area contributed by atoms with E-state index in [-0.39, 0.29) is 18.1 Å². The first-order valence-electron chi connectivity index (χ1n) is 6.69. The average Bonchev–Trinajstić information content (AvgIpc) is 3.01. The van der Waals surface area contributed by atoms with Gasteiger partial charge in [0.05, 0.1) is 11.8 Å². The summed E-state index contributed by atoms with van der Waals surface area (Å²) in [4.78, 5) is 23.5. The molecular weight excluding hydrogens is 270 g/mol. The third-order valence-corrected chi connectivity index (χ3v) is 3.10. The van der Waals surface area contributed by atoms with Gasteiger partial charge in [0.2, 0.25) is 0 Å². The molecule has 0 aliphatic carbocycles. The first-order valence-corrected chi connectivity index (χ1v) is 6.69. The van der Waals surface area contributed by atoms with Gasteiger partial charge in [0.25, 0.3) is 5.91 Å². The highest BCUT2D eigenvalue weighted by Gasteiger charge is 2.13. The van der Waals surface area contributed by atoms with E-state index in [1.165, 1.54) is 18.6 Å². The van der Waals surface area contributed by atoms with Crippen molar-refractivity contribution >= 4 is 17.6 Å². The van der Waals surface area contributed by atoms with Gasteiger partial charge in [-0.25, -0.2) is 4.79 Å².